The van der Waals surface area contributed by atoms with E-state index in [0.29, 0.717) is 39.0 Å². The summed E-state index contributed by atoms with van der Waals surface area (Å²) in [5.41, 5.74) is 1.87. The molecule has 0 atom stereocenters. The number of hydrogen-bond acceptors (Lipinski definition) is 4. The summed E-state index contributed by atoms with van der Waals surface area (Å²) in [6, 6.07) is 7.72. The number of carbonyl (C=O) groups is 3. The molecule has 2 aliphatic heterocycles. The van der Waals surface area contributed by atoms with Gasteiger partial charge in [-0.25, -0.2) is 0 Å². The summed E-state index contributed by atoms with van der Waals surface area (Å²) in [7, 11) is 0. The highest BCUT2D eigenvalue weighted by molar-refractivity contribution is 5.95. The third-order valence-corrected chi connectivity index (χ3v) is 5.14. The number of carbonyl (C=O) groups excluding carboxylic acids is 3. The van der Waals surface area contributed by atoms with Crippen molar-refractivity contribution in [2.75, 3.05) is 50.7 Å². The van der Waals surface area contributed by atoms with E-state index < -0.39 is 0 Å². The lowest BCUT2D eigenvalue weighted by Gasteiger charge is -2.34. The van der Waals surface area contributed by atoms with E-state index in [1.54, 1.807) is 4.90 Å². The minimum absolute atomic E-state index is 0.0360. The van der Waals surface area contributed by atoms with Crippen LogP contribution in [-0.4, -0.2) is 73.3 Å². The van der Waals surface area contributed by atoms with Gasteiger partial charge < -0.3 is 15.1 Å². The zero-order valence-electron chi connectivity index (χ0n) is 15.9. The summed E-state index contributed by atoms with van der Waals surface area (Å²) < 4.78 is 0. The quantitative estimate of drug-likeness (QED) is 0.795. The average molecular weight is 372 g/mol. The number of anilines is 1. The largest absolute Gasteiger partial charge is 0.355 e. The Morgan fingerprint density at radius 1 is 1.04 bits per heavy atom. The molecule has 0 bridgehead atoms. The lowest BCUT2D eigenvalue weighted by Crippen LogP contribution is -2.51. The van der Waals surface area contributed by atoms with Crippen LogP contribution in [0.15, 0.2) is 24.3 Å². The van der Waals surface area contributed by atoms with Gasteiger partial charge >= 0.3 is 0 Å². The van der Waals surface area contributed by atoms with Gasteiger partial charge in [0.25, 0.3) is 0 Å². The fourth-order valence-corrected chi connectivity index (χ4v) is 3.61. The highest BCUT2D eigenvalue weighted by Crippen LogP contribution is 2.22. The van der Waals surface area contributed by atoms with E-state index in [4.69, 9.17) is 0 Å². The number of rotatable bonds is 6. The molecular weight excluding hydrogens is 344 g/mol. The second-order valence-corrected chi connectivity index (χ2v) is 7.10. The Morgan fingerprint density at radius 2 is 1.74 bits per heavy atom. The maximum atomic E-state index is 12.6. The zero-order valence-corrected chi connectivity index (χ0v) is 15.9. The Bertz CT molecular complexity index is 681. The van der Waals surface area contributed by atoms with Crippen LogP contribution in [0.25, 0.3) is 0 Å². The first-order valence-corrected chi connectivity index (χ1v) is 9.73. The second-order valence-electron chi connectivity index (χ2n) is 7.10. The van der Waals surface area contributed by atoms with Crippen molar-refractivity contribution in [3.8, 4) is 0 Å². The van der Waals surface area contributed by atoms with Crippen molar-refractivity contribution < 1.29 is 14.4 Å². The maximum absolute atomic E-state index is 12.6. The number of hydrogen-bond donors (Lipinski definition) is 1. The van der Waals surface area contributed by atoms with Gasteiger partial charge in [0.1, 0.15) is 0 Å². The third kappa shape index (κ3) is 5.07. The molecule has 7 heteroatoms. The summed E-state index contributed by atoms with van der Waals surface area (Å²) in [5.74, 6) is 0.316. The van der Waals surface area contributed by atoms with E-state index in [1.165, 1.54) is 0 Å². The van der Waals surface area contributed by atoms with E-state index >= 15 is 0 Å². The minimum atomic E-state index is 0.0360. The fourth-order valence-electron chi connectivity index (χ4n) is 3.61. The van der Waals surface area contributed by atoms with Gasteiger partial charge in [0.15, 0.2) is 0 Å². The number of benzene rings is 1. The van der Waals surface area contributed by atoms with Gasteiger partial charge in [-0.15, -0.1) is 0 Å². The Labute approximate surface area is 160 Å². The van der Waals surface area contributed by atoms with Crippen LogP contribution < -0.4 is 10.2 Å². The first-order chi connectivity index (χ1) is 13.1. The molecule has 2 aliphatic rings. The van der Waals surface area contributed by atoms with Crippen LogP contribution in [0.1, 0.15) is 25.3 Å². The average Bonchev–Trinajstić information content (AvgIpc) is 3.09. The van der Waals surface area contributed by atoms with Crippen LogP contribution >= 0.6 is 0 Å². The molecule has 0 spiro atoms. The molecule has 0 saturated carbocycles. The molecule has 1 aromatic rings. The monoisotopic (exact) mass is 372 g/mol. The topological polar surface area (TPSA) is 73.0 Å². The highest BCUT2D eigenvalue weighted by Gasteiger charge is 2.23. The summed E-state index contributed by atoms with van der Waals surface area (Å²) in [6.07, 6.45) is 1.89. The molecule has 0 unspecified atom stereocenters. The van der Waals surface area contributed by atoms with Crippen molar-refractivity contribution in [2.24, 2.45) is 0 Å². The standard InChI is InChI=1S/C20H28N4O3/c1-2-21-18(25)15-22-10-12-23(13-11-22)20(27)14-16-5-7-17(8-6-16)24-9-3-4-19(24)26/h5-8H,2-4,9-15H2,1H3,(H,21,25). The number of nitrogens with zero attached hydrogens (tertiary/aromatic N) is 3. The lowest BCUT2D eigenvalue weighted by atomic mass is 10.1. The van der Waals surface area contributed by atoms with Crippen molar-refractivity contribution >= 4 is 23.4 Å². The van der Waals surface area contributed by atoms with Crippen LogP contribution in [-0.2, 0) is 20.8 Å². The van der Waals surface area contributed by atoms with E-state index in [-0.39, 0.29) is 17.7 Å². The van der Waals surface area contributed by atoms with Gasteiger partial charge in [0.05, 0.1) is 13.0 Å². The fraction of sp³-hybridized carbons (Fsp3) is 0.550. The third-order valence-electron chi connectivity index (χ3n) is 5.14. The first kappa shape index (κ1) is 19.4. The second kappa shape index (κ2) is 8.99. The Kier molecular flexibility index (Phi) is 6.45. The van der Waals surface area contributed by atoms with Crippen LogP contribution in [0.4, 0.5) is 5.69 Å². The van der Waals surface area contributed by atoms with E-state index in [9.17, 15) is 14.4 Å². The number of amides is 3. The van der Waals surface area contributed by atoms with E-state index in [2.05, 4.69) is 10.2 Å². The highest BCUT2D eigenvalue weighted by atomic mass is 16.2. The van der Waals surface area contributed by atoms with Gasteiger partial charge in [0, 0.05) is 51.4 Å². The molecule has 1 N–H and O–H groups in total. The van der Waals surface area contributed by atoms with Crippen molar-refractivity contribution in [3.63, 3.8) is 0 Å². The van der Waals surface area contributed by atoms with Gasteiger partial charge in [-0.05, 0) is 31.0 Å². The van der Waals surface area contributed by atoms with Crippen molar-refractivity contribution in [1.82, 2.24) is 15.1 Å². The summed E-state index contributed by atoms with van der Waals surface area (Å²) >= 11 is 0. The molecule has 2 heterocycles. The first-order valence-electron chi connectivity index (χ1n) is 9.73. The Balaban J connectivity index is 1.47. The molecule has 2 fully saturated rings. The van der Waals surface area contributed by atoms with Gasteiger partial charge in [-0.1, -0.05) is 12.1 Å². The number of nitrogens with one attached hydrogen (secondary N) is 1. The van der Waals surface area contributed by atoms with Crippen LogP contribution in [0.2, 0.25) is 0 Å². The SMILES string of the molecule is CCNC(=O)CN1CCN(C(=O)Cc2ccc(N3CCCC3=O)cc2)CC1. The van der Waals surface area contributed by atoms with Crippen molar-refractivity contribution in [3.05, 3.63) is 29.8 Å². The number of piperazine rings is 1. The molecule has 0 aliphatic carbocycles. The molecule has 27 heavy (non-hydrogen) atoms. The van der Waals surface area contributed by atoms with E-state index in [1.807, 2.05) is 36.1 Å². The van der Waals surface area contributed by atoms with Crippen molar-refractivity contribution in [1.29, 1.82) is 0 Å². The minimum Gasteiger partial charge on any atom is -0.355 e. The number of likely N-dealkylation sites (N-methyl/N-ethyl adjacent to an activating group) is 1. The van der Waals surface area contributed by atoms with Crippen molar-refractivity contribution in [2.45, 2.75) is 26.2 Å². The molecule has 7 nitrogen and oxygen atoms in total. The summed E-state index contributed by atoms with van der Waals surface area (Å²) in [6.45, 7) is 6.46. The van der Waals surface area contributed by atoms with Gasteiger partial charge in [0.2, 0.25) is 17.7 Å². The molecule has 0 aromatic heterocycles. The molecular formula is C20H28N4O3. The maximum Gasteiger partial charge on any atom is 0.234 e. The van der Waals surface area contributed by atoms with Gasteiger partial charge in [-0.3, -0.25) is 19.3 Å². The molecule has 1 aromatic carbocycles. The smallest absolute Gasteiger partial charge is 0.234 e. The molecule has 0 radical (unpaired) electrons. The van der Waals surface area contributed by atoms with Gasteiger partial charge in [-0.2, -0.15) is 0 Å². The predicted octanol–water partition coefficient (Wildman–Crippen LogP) is 0.636. The predicted molar refractivity (Wildman–Crippen MR) is 103 cm³/mol. The molecule has 146 valence electrons. The Hall–Kier alpha value is -2.41. The normalized spacial score (nSPS) is 18.0. The van der Waals surface area contributed by atoms with Crippen LogP contribution in [0, 0.1) is 0 Å². The Morgan fingerprint density at radius 3 is 2.33 bits per heavy atom. The van der Waals surface area contributed by atoms with Crippen LogP contribution in [0.5, 0.6) is 0 Å². The summed E-state index contributed by atoms with van der Waals surface area (Å²) in [5, 5.41) is 2.80. The molecule has 2 saturated heterocycles. The molecule has 3 amide bonds. The lowest BCUT2D eigenvalue weighted by molar-refractivity contribution is -0.132. The summed E-state index contributed by atoms with van der Waals surface area (Å²) in [4.78, 5) is 41.8. The zero-order chi connectivity index (χ0) is 19.2. The molecule has 3 rings (SSSR count). The van der Waals surface area contributed by atoms with Crippen LogP contribution in [0.3, 0.4) is 0 Å². The van der Waals surface area contributed by atoms with E-state index in [0.717, 1.165) is 37.3 Å².